The monoisotopic (exact) mass is 312 g/mol. The number of carbonyl (C=O) groups is 1. The molecule has 2 rings (SSSR count). The number of anilines is 1. The Bertz CT molecular complexity index is 449. The summed E-state index contributed by atoms with van der Waals surface area (Å²) in [6.45, 7) is 5.73. The first-order valence-corrected chi connectivity index (χ1v) is 6.83. The minimum atomic E-state index is 0.00570. The van der Waals surface area contributed by atoms with Crippen molar-refractivity contribution in [2.75, 3.05) is 24.6 Å². The van der Waals surface area contributed by atoms with Gasteiger partial charge in [-0.15, -0.1) is 0 Å². The molecule has 0 saturated carbocycles. The lowest BCUT2D eigenvalue weighted by atomic mass is 10.2. The van der Waals surface area contributed by atoms with Crippen LogP contribution in [0.4, 0.5) is 5.69 Å². The van der Waals surface area contributed by atoms with Gasteiger partial charge in [0, 0.05) is 23.6 Å². The van der Waals surface area contributed by atoms with Crippen molar-refractivity contribution in [2.45, 2.75) is 19.9 Å². The van der Waals surface area contributed by atoms with E-state index in [1.807, 2.05) is 18.2 Å². The van der Waals surface area contributed by atoms with Crippen LogP contribution in [-0.2, 0) is 4.79 Å². The highest BCUT2D eigenvalue weighted by atomic mass is 79.9. The zero-order chi connectivity index (χ0) is 13.1. The van der Waals surface area contributed by atoms with Crippen LogP contribution in [0.1, 0.15) is 13.8 Å². The van der Waals surface area contributed by atoms with Gasteiger partial charge in [0.1, 0.15) is 5.75 Å². The molecule has 98 valence electrons. The second-order valence-corrected chi connectivity index (χ2v) is 5.47. The van der Waals surface area contributed by atoms with E-state index in [4.69, 9.17) is 4.74 Å². The highest BCUT2D eigenvalue weighted by molar-refractivity contribution is 9.10. The average Bonchev–Trinajstić information content (AvgIpc) is 2.31. The van der Waals surface area contributed by atoms with Crippen molar-refractivity contribution in [1.29, 1.82) is 0 Å². The molecule has 18 heavy (non-hydrogen) atoms. The number of ether oxygens (including phenoxy) is 1. The summed E-state index contributed by atoms with van der Waals surface area (Å²) in [6, 6.07) is 6.14. The minimum absolute atomic E-state index is 0.00570. The Morgan fingerprint density at radius 3 is 3.00 bits per heavy atom. The van der Waals surface area contributed by atoms with Crippen LogP contribution in [-0.4, -0.2) is 31.6 Å². The van der Waals surface area contributed by atoms with Gasteiger partial charge in [0.2, 0.25) is 0 Å². The van der Waals surface area contributed by atoms with Crippen molar-refractivity contribution in [3.63, 3.8) is 0 Å². The lowest BCUT2D eigenvalue weighted by molar-refractivity contribution is -0.121. The number of nitrogens with zero attached hydrogens (tertiary/aromatic N) is 1. The van der Waals surface area contributed by atoms with Gasteiger partial charge >= 0.3 is 0 Å². The van der Waals surface area contributed by atoms with Gasteiger partial charge in [-0.3, -0.25) is 4.79 Å². The molecule has 0 aromatic heterocycles. The molecule has 0 radical (unpaired) electrons. The SMILES string of the molecule is CC(C)NCCN1C(=O)COc2ccc(Br)cc21. The van der Waals surface area contributed by atoms with Crippen LogP contribution < -0.4 is 15.0 Å². The normalized spacial score (nSPS) is 14.7. The number of hydrogen-bond acceptors (Lipinski definition) is 3. The third kappa shape index (κ3) is 3.03. The number of halogens is 1. The minimum Gasteiger partial charge on any atom is -0.482 e. The summed E-state index contributed by atoms with van der Waals surface area (Å²) >= 11 is 3.42. The first kappa shape index (κ1) is 13.4. The highest BCUT2D eigenvalue weighted by Gasteiger charge is 2.25. The molecule has 0 spiro atoms. The molecule has 1 aliphatic heterocycles. The molecule has 0 fully saturated rings. The van der Waals surface area contributed by atoms with Crippen molar-refractivity contribution in [1.82, 2.24) is 5.32 Å². The standard InChI is InChI=1S/C13H17BrN2O2/c1-9(2)15-5-6-16-11-7-10(14)3-4-12(11)18-8-13(16)17/h3-4,7,9,15H,5-6,8H2,1-2H3. The predicted octanol–water partition coefficient (Wildman–Crippen LogP) is 2.17. The largest absolute Gasteiger partial charge is 0.482 e. The van der Waals surface area contributed by atoms with Crippen LogP contribution in [0.5, 0.6) is 5.75 Å². The maximum atomic E-state index is 11.9. The van der Waals surface area contributed by atoms with E-state index in [1.165, 1.54) is 0 Å². The molecule has 0 saturated heterocycles. The fourth-order valence-corrected chi connectivity index (χ4v) is 2.23. The molecule has 0 bridgehead atoms. The summed E-state index contributed by atoms with van der Waals surface area (Å²) in [7, 11) is 0. The van der Waals surface area contributed by atoms with Crippen molar-refractivity contribution < 1.29 is 9.53 Å². The van der Waals surface area contributed by atoms with Crippen molar-refractivity contribution in [2.24, 2.45) is 0 Å². The zero-order valence-corrected chi connectivity index (χ0v) is 12.2. The fourth-order valence-electron chi connectivity index (χ4n) is 1.89. The zero-order valence-electron chi connectivity index (χ0n) is 10.6. The van der Waals surface area contributed by atoms with Crippen LogP contribution in [0, 0.1) is 0 Å². The van der Waals surface area contributed by atoms with E-state index < -0.39 is 0 Å². The van der Waals surface area contributed by atoms with E-state index in [9.17, 15) is 4.79 Å². The van der Waals surface area contributed by atoms with E-state index in [0.717, 1.165) is 22.5 Å². The molecule has 1 N–H and O–H groups in total. The Morgan fingerprint density at radius 1 is 1.50 bits per heavy atom. The summed E-state index contributed by atoms with van der Waals surface area (Å²) in [5.74, 6) is 0.772. The predicted molar refractivity (Wildman–Crippen MR) is 75.1 cm³/mol. The number of benzene rings is 1. The molecular formula is C13H17BrN2O2. The van der Waals surface area contributed by atoms with E-state index in [-0.39, 0.29) is 12.5 Å². The van der Waals surface area contributed by atoms with Gasteiger partial charge in [-0.1, -0.05) is 29.8 Å². The smallest absolute Gasteiger partial charge is 0.265 e. The number of nitrogens with one attached hydrogen (secondary N) is 1. The van der Waals surface area contributed by atoms with Crippen molar-refractivity contribution in [3.05, 3.63) is 22.7 Å². The summed E-state index contributed by atoms with van der Waals surface area (Å²) in [5.41, 5.74) is 0.839. The number of rotatable bonds is 4. The number of hydrogen-bond donors (Lipinski definition) is 1. The summed E-state index contributed by atoms with van der Waals surface area (Å²) < 4.78 is 6.36. The first-order chi connectivity index (χ1) is 8.58. The highest BCUT2D eigenvalue weighted by Crippen LogP contribution is 2.34. The molecule has 1 aromatic rings. The van der Waals surface area contributed by atoms with Crippen molar-refractivity contribution in [3.8, 4) is 5.75 Å². The molecule has 1 amide bonds. The number of amides is 1. The Morgan fingerprint density at radius 2 is 2.28 bits per heavy atom. The van der Waals surface area contributed by atoms with Crippen LogP contribution in [0.3, 0.4) is 0 Å². The third-order valence-electron chi connectivity index (χ3n) is 2.75. The lowest BCUT2D eigenvalue weighted by Gasteiger charge is -2.29. The third-order valence-corrected chi connectivity index (χ3v) is 3.25. The Labute approximate surface area is 115 Å². The molecular weight excluding hydrogens is 296 g/mol. The fraction of sp³-hybridized carbons (Fsp3) is 0.462. The molecule has 0 aliphatic carbocycles. The van der Waals surface area contributed by atoms with Crippen LogP contribution in [0.15, 0.2) is 22.7 Å². The molecule has 1 aromatic carbocycles. The quantitative estimate of drug-likeness (QED) is 0.926. The van der Waals surface area contributed by atoms with Gasteiger partial charge < -0.3 is 15.0 Å². The lowest BCUT2D eigenvalue weighted by Crippen LogP contribution is -2.43. The van der Waals surface area contributed by atoms with E-state index in [0.29, 0.717) is 12.6 Å². The first-order valence-electron chi connectivity index (χ1n) is 6.04. The average molecular weight is 313 g/mol. The number of carbonyl (C=O) groups excluding carboxylic acids is 1. The van der Waals surface area contributed by atoms with Crippen LogP contribution in [0.25, 0.3) is 0 Å². The maximum absolute atomic E-state index is 11.9. The van der Waals surface area contributed by atoms with Gasteiger partial charge in [-0.2, -0.15) is 0 Å². The second-order valence-electron chi connectivity index (χ2n) is 4.55. The molecule has 5 heteroatoms. The summed E-state index contributed by atoms with van der Waals surface area (Å²) in [4.78, 5) is 13.7. The van der Waals surface area contributed by atoms with Crippen LogP contribution >= 0.6 is 15.9 Å². The van der Waals surface area contributed by atoms with Gasteiger partial charge in [0.15, 0.2) is 6.61 Å². The maximum Gasteiger partial charge on any atom is 0.265 e. The topological polar surface area (TPSA) is 41.6 Å². The van der Waals surface area contributed by atoms with Gasteiger partial charge in [0.05, 0.1) is 5.69 Å². The molecule has 4 nitrogen and oxygen atoms in total. The number of fused-ring (bicyclic) bond motifs is 1. The van der Waals surface area contributed by atoms with Crippen LogP contribution in [0.2, 0.25) is 0 Å². The molecule has 0 atom stereocenters. The Balaban J connectivity index is 2.14. The van der Waals surface area contributed by atoms with E-state index in [2.05, 4.69) is 35.1 Å². The molecule has 1 aliphatic rings. The molecule has 0 unspecified atom stereocenters. The van der Waals surface area contributed by atoms with Gasteiger partial charge in [-0.05, 0) is 18.2 Å². The second kappa shape index (κ2) is 5.71. The summed E-state index contributed by atoms with van der Waals surface area (Å²) in [5, 5.41) is 3.31. The Hall–Kier alpha value is -1.07. The van der Waals surface area contributed by atoms with E-state index in [1.54, 1.807) is 4.90 Å². The van der Waals surface area contributed by atoms with Crippen molar-refractivity contribution >= 4 is 27.5 Å². The van der Waals surface area contributed by atoms with Gasteiger partial charge in [-0.25, -0.2) is 0 Å². The van der Waals surface area contributed by atoms with Gasteiger partial charge in [0.25, 0.3) is 5.91 Å². The summed E-state index contributed by atoms with van der Waals surface area (Å²) in [6.07, 6.45) is 0. The molecule has 1 heterocycles. The Kier molecular flexibility index (Phi) is 4.24. The van der Waals surface area contributed by atoms with E-state index >= 15 is 0 Å².